The molecular formula is C7H13FO6. The van der Waals surface area contributed by atoms with Crippen molar-refractivity contribution in [1.29, 1.82) is 0 Å². The van der Waals surface area contributed by atoms with Gasteiger partial charge in [0, 0.05) is 0 Å². The Balaban J connectivity index is 2.84. The highest BCUT2D eigenvalue weighted by molar-refractivity contribution is 4.95. The summed E-state index contributed by atoms with van der Waals surface area (Å²) in [7, 11) is 0. The third kappa shape index (κ3) is 1.74. The van der Waals surface area contributed by atoms with Crippen molar-refractivity contribution >= 4 is 0 Å². The zero-order valence-corrected chi connectivity index (χ0v) is 7.25. The number of aliphatic hydroxyl groups excluding tert-OH is 4. The van der Waals surface area contributed by atoms with Crippen molar-refractivity contribution in [3.63, 3.8) is 0 Å². The highest BCUT2D eigenvalue weighted by Crippen LogP contribution is 2.29. The summed E-state index contributed by atoms with van der Waals surface area (Å²) in [6, 6.07) is 0. The van der Waals surface area contributed by atoms with Crippen LogP contribution in [0.2, 0.25) is 0 Å². The summed E-state index contributed by atoms with van der Waals surface area (Å²) >= 11 is 0. The molecule has 0 spiro atoms. The SMILES string of the molecule is OC[C@H]1O[C@@](O)(CO)[C@@H](F)[C@@H](O)[C@@H]1O. The Labute approximate surface area is 79.2 Å². The Morgan fingerprint density at radius 2 is 1.79 bits per heavy atom. The van der Waals surface area contributed by atoms with Crippen LogP contribution in [0.3, 0.4) is 0 Å². The van der Waals surface area contributed by atoms with Gasteiger partial charge in [0.1, 0.15) is 24.9 Å². The standard InChI is InChI=1S/C7H13FO6/c8-6-5(12)4(11)3(1-9)14-7(6,13)2-10/h3-6,9-13H,1-2H2/t3-,4-,5+,6+,7+/m1/s1. The summed E-state index contributed by atoms with van der Waals surface area (Å²) in [6.07, 6.45) is -7.20. The van der Waals surface area contributed by atoms with Crippen LogP contribution < -0.4 is 0 Å². The zero-order chi connectivity index (χ0) is 10.9. The van der Waals surface area contributed by atoms with Gasteiger partial charge in [-0.3, -0.25) is 0 Å². The lowest BCUT2D eigenvalue weighted by Gasteiger charge is -2.43. The normalized spacial score (nSPS) is 49.3. The van der Waals surface area contributed by atoms with Crippen LogP contribution in [0.15, 0.2) is 0 Å². The molecule has 5 atom stereocenters. The number of hydrogen-bond donors (Lipinski definition) is 5. The van der Waals surface area contributed by atoms with Crippen LogP contribution in [-0.2, 0) is 4.74 Å². The molecule has 1 aliphatic heterocycles. The lowest BCUT2D eigenvalue weighted by molar-refractivity contribution is -0.344. The number of alkyl halides is 1. The Hall–Kier alpha value is -0.310. The molecule has 0 saturated carbocycles. The predicted molar refractivity (Wildman–Crippen MR) is 40.9 cm³/mol. The minimum Gasteiger partial charge on any atom is -0.394 e. The number of rotatable bonds is 2. The van der Waals surface area contributed by atoms with Gasteiger partial charge in [0.25, 0.3) is 0 Å². The van der Waals surface area contributed by atoms with Gasteiger partial charge in [-0.2, -0.15) is 0 Å². The Kier molecular flexibility index (Phi) is 3.40. The summed E-state index contributed by atoms with van der Waals surface area (Å²) in [5.41, 5.74) is 0. The van der Waals surface area contributed by atoms with Crippen molar-refractivity contribution in [2.24, 2.45) is 0 Å². The minimum atomic E-state index is -2.58. The van der Waals surface area contributed by atoms with Crippen LogP contribution in [0, 0.1) is 0 Å². The topological polar surface area (TPSA) is 110 Å². The average Bonchev–Trinajstić information content (AvgIpc) is 2.20. The van der Waals surface area contributed by atoms with E-state index in [-0.39, 0.29) is 0 Å². The number of ether oxygens (including phenoxy) is 1. The van der Waals surface area contributed by atoms with E-state index in [4.69, 9.17) is 20.4 Å². The van der Waals surface area contributed by atoms with E-state index in [0.717, 1.165) is 0 Å². The molecule has 1 heterocycles. The third-order valence-corrected chi connectivity index (χ3v) is 2.22. The van der Waals surface area contributed by atoms with Crippen molar-refractivity contribution in [2.45, 2.75) is 30.3 Å². The van der Waals surface area contributed by atoms with E-state index in [0.29, 0.717) is 0 Å². The van der Waals surface area contributed by atoms with E-state index in [2.05, 4.69) is 4.74 Å². The second kappa shape index (κ2) is 4.05. The molecule has 5 N–H and O–H groups in total. The minimum absolute atomic E-state index is 0.701. The van der Waals surface area contributed by atoms with Gasteiger partial charge in [0.05, 0.1) is 6.61 Å². The summed E-state index contributed by atoms with van der Waals surface area (Å²) in [6.45, 7) is -1.78. The van der Waals surface area contributed by atoms with Crippen molar-refractivity contribution in [1.82, 2.24) is 0 Å². The first-order chi connectivity index (χ1) is 6.46. The molecule has 6 nitrogen and oxygen atoms in total. The van der Waals surface area contributed by atoms with Gasteiger partial charge in [-0.1, -0.05) is 0 Å². The maximum Gasteiger partial charge on any atom is 0.224 e. The number of hydrogen-bond acceptors (Lipinski definition) is 6. The Morgan fingerprint density at radius 3 is 2.21 bits per heavy atom. The third-order valence-electron chi connectivity index (χ3n) is 2.22. The maximum absolute atomic E-state index is 13.2. The zero-order valence-electron chi connectivity index (χ0n) is 7.25. The monoisotopic (exact) mass is 212 g/mol. The molecule has 0 radical (unpaired) electrons. The molecule has 14 heavy (non-hydrogen) atoms. The quantitative estimate of drug-likeness (QED) is 0.336. The van der Waals surface area contributed by atoms with Gasteiger partial charge in [-0.25, -0.2) is 4.39 Å². The maximum atomic E-state index is 13.2. The number of halogens is 1. The number of aliphatic hydroxyl groups is 5. The molecule has 1 aliphatic rings. The lowest BCUT2D eigenvalue weighted by atomic mass is 9.94. The van der Waals surface area contributed by atoms with Gasteiger partial charge in [0.15, 0.2) is 6.17 Å². The molecular weight excluding hydrogens is 199 g/mol. The van der Waals surface area contributed by atoms with Gasteiger partial charge < -0.3 is 30.3 Å². The predicted octanol–water partition coefficient (Wildman–Crippen LogP) is -2.88. The van der Waals surface area contributed by atoms with E-state index in [1.54, 1.807) is 0 Å². The molecule has 0 aromatic heterocycles. The van der Waals surface area contributed by atoms with Gasteiger partial charge in [0.2, 0.25) is 5.79 Å². The molecule has 1 saturated heterocycles. The smallest absolute Gasteiger partial charge is 0.224 e. The molecule has 0 amide bonds. The van der Waals surface area contributed by atoms with Crippen LogP contribution in [0.25, 0.3) is 0 Å². The summed E-state index contributed by atoms with van der Waals surface area (Å²) in [5, 5.41) is 44.9. The van der Waals surface area contributed by atoms with E-state index in [1.165, 1.54) is 0 Å². The fourth-order valence-electron chi connectivity index (χ4n) is 1.33. The molecule has 0 unspecified atom stereocenters. The van der Waals surface area contributed by atoms with Crippen molar-refractivity contribution in [3.8, 4) is 0 Å². The first-order valence-electron chi connectivity index (χ1n) is 4.08. The average molecular weight is 212 g/mol. The fraction of sp³-hybridized carbons (Fsp3) is 1.00. The summed E-state index contributed by atoms with van der Waals surface area (Å²) in [5.74, 6) is -2.58. The van der Waals surface area contributed by atoms with Crippen molar-refractivity contribution < 1.29 is 34.7 Å². The van der Waals surface area contributed by atoms with Crippen LogP contribution >= 0.6 is 0 Å². The molecule has 7 heteroatoms. The Bertz CT molecular complexity index is 201. The molecule has 84 valence electrons. The lowest BCUT2D eigenvalue weighted by Crippen LogP contribution is -2.65. The van der Waals surface area contributed by atoms with E-state index in [1.807, 2.05) is 0 Å². The molecule has 0 bridgehead atoms. The van der Waals surface area contributed by atoms with Crippen LogP contribution in [0.1, 0.15) is 0 Å². The van der Waals surface area contributed by atoms with E-state index < -0.39 is 43.5 Å². The van der Waals surface area contributed by atoms with Gasteiger partial charge >= 0.3 is 0 Å². The fourth-order valence-corrected chi connectivity index (χ4v) is 1.33. The molecule has 1 rings (SSSR count). The summed E-state index contributed by atoms with van der Waals surface area (Å²) in [4.78, 5) is 0. The van der Waals surface area contributed by atoms with E-state index in [9.17, 15) is 9.50 Å². The van der Waals surface area contributed by atoms with Crippen LogP contribution in [-0.4, -0.2) is 69.0 Å². The highest BCUT2D eigenvalue weighted by atomic mass is 19.1. The van der Waals surface area contributed by atoms with Crippen molar-refractivity contribution in [3.05, 3.63) is 0 Å². The first kappa shape index (κ1) is 11.8. The molecule has 1 fully saturated rings. The van der Waals surface area contributed by atoms with Crippen molar-refractivity contribution in [2.75, 3.05) is 13.2 Å². The largest absolute Gasteiger partial charge is 0.394 e. The second-order valence-corrected chi connectivity index (χ2v) is 3.22. The second-order valence-electron chi connectivity index (χ2n) is 3.22. The highest BCUT2D eigenvalue weighted by Gasteiger charge is 2.53. The molecule has 0 aliphatic carbocycles. The summed E-state index contributed by atoms with van der Waals surface area (Å²) < 4.78 is 17.7. The van der Waals surface area contributed by atoms with Gasteiger partial charge in [-0.05, 0) is 0 Å². The first-order valence-corrected chi connectivity index (χ1v) is 4.08. The van der Waals surface area contributed by atoms with Crippen LogP contribution in [0.5, 0.6) is 0 Å². The van der Waals surface area contributed by atoms with E-state index >= 15 is 0 Å². The molecule has 0 aromatic rings. The van der Waals surface area contributed by atoms with Gasteiger partial charge in [-0.15, -0.1) is 0 Å². The molecule has 0 aromatic carbocycles. The van der Waals surface area contributed by atoms with Crippen LogP contribution in [0.4, 0.5) is 4.39 Å². The Morgan fingerprint density at radius 1 is 1.21 bits per heavy atom.